The van der Waals surface area contributed by atoms with E-state index in [0.717, 1.165) is 48.5 Å². The first-order valence-electron chi connectivity index (χ1n) is 9.86. The Balaban J connectivity index is 1.36. The maximum Gasteiger partial charge on any atom is 0.337 e. The molecule has 4 heteroatoms. The molecule has 0 spiro atoms. The predicted molar refractivity (Wildman–Crippen MR) is 115 cm³/mol. The van der Waals surface area contributed by atoms with Crippen LogP contribution in [-0.4, -0.2) is 26.3 Å². The number of carbonyl (C=O) groups excluding carboxylic acids is 1. The quantitative estimate of drug-likeness (QED) is 0.326. The smallest absolute Gasteiger partial charge is 0.337 e. The third-order valence-corrected chi connectivity index (χ3v) is 4.56. The van der Waals surface area contributed by atoms with Gasteiger partial charge in [0.25, 0.3) is 0 Å². The van der Waals surface area contributed by atoms with Gasteiger partial charge in [0.2, 0.25) is 0 Å². The molecule has 0 heterocycles. The van der Waals surface area contributed by atoms with Crippen molar-refractivity contribution in [2.24, 2.45) is 0 Å². The molecule has 3 aromatic carbocycles. The lowest BCUT2D eigenvalue weighted by molar-refractivity contribution is 0.0600. The van der Waals surface area contributed by atoms with Gasteiger partial charge in [-0.3, -0.25) is 0 Å². The van der Waals surface area contributed by atoms with E-state index in [1.165, 1.54) is 7.11 Å². The largest absolute Gasteiger partial charge is 0.494 e. The van der Waals surface area contributed by atoms with Crippen molar-refractivity contribution in [1.82, 2.24) is 0 Å². The minimum atomic E-state index is -0.327. The van der Waals surface area contributed by atoms with Gasteiger partial charge in [-0.1, -0.05) is 42.5 Å². The van der Waals surface area contributed by atoms with Crippen molar-refractivity contribution < 1.29 is 19.0 Å². The molecular formula is C25H26O4. The number of para-hydroxylation sites is 1. The second kappa shape index (κ2) is 10.9. The van der Waals surface area contributed by atoms with Crippen LogP contribution in [0.5, 0.6) is 11.5 Å². The highest BCUT2D eigenvalue weighted by Gasteiger charge is 2.05. The monoisotopic (exact) mass is 390 g/mol. The van der Waals surface area contributed by atoms with E-state index in [2.05, 4.69) is 0 Å². The Morgan fingerprint density at radius 1 is 0.655 bits per heavy atom. The van der Waals surface area contributed by atoms with Crippen LogP contribution in [0.4, 0.5) is 0 Å². The summed E-state index contributed by atoms with van der Waals surface area (Å²) in [6, 6.07) is 25.3. The highest BCUT2D eigenvalue weighted by atomic mass is 16.5. The van der Waals surface area contributed by atoms with Gasteiger partial charge < -0.3 is 14.2 Å². The lowest BCUT2D eigenvalue weighted by Crippen LogP contribution is -2.01. The SMILES string of the molecule is COC(=O)c1ccc(-c2ccc(OCCCCCOc3ccccc3)cc2)cc1. The number of rotatable bonds is 10. The van der Waals surface area contributed by atoms with E-state index in [4.69, 9.17) is 14.2 Å². The lowest BCUT2D eigenvalue weighted by atomic mass is 10.0. The van der Waals surface area contributed by atoms with Gasteiger partial charge in [-0.25, -0.2) is 4.79 Å². The number of ether oxygens (including phenoxy) is 3. The van der Waals surface area contributed by atoms with Crippen LogP contribution in [0.1, 0.15) is 29.6 Å². The van der Waals surface area contributed by atoms with E-state index in [9.17, 15) is 4.79 Å². The van der Waals surface area contributed by atoms with Crippen LogP contribution in [-0.2, 0) is 4.74 Å². The highest BCUT2D eigenvalue weighted by Crippen LogP contribution is 2.23. The Hall–Kier alpha value is -3.27. The fourth-order valence-corrected chi connectivity index (χ4v) is 2.94. The average molecular weight is 390 g/mol. The third kappa shape index (κ3) is 6.39. The molecule has 29 heavy (non-hydrogen) atoms. The van der Waals surface area contributed by atoms with Crippen LogP contribution in [0.25, 0.3) is 11.1 Å². The number of esters is 1. The Labute approximate surface area is 172 Å². The first kappa shape index (κ1) is 20.5. The molecule has 0 bridgehead atoms. The van der Waals surface area contributed by atoms with E-state index in [0.29, 0.717) is 12.2 Å². The minimum Gasteiger partial charge on any atom is -0.494 e. The van der Waals surface area contributed by atoms with Crippen molar-refractivity contribution >= 4 is 5.97 Å². The van der Waals surface area contributed by atoms with Gasteiger partial charge in [0, 0.05) is 0 Å². The fourth-order valence-electron chi connectivity index (χ4n) is 2.94. The molecule has 4 nitrogen and oxygen atoms in total. The van der Waals surface area contributed by atoms with Crippen molar-refractivity contribution in [3.63, 3.8) is 0 Å². The topological polar surface area (TPSA) is 44.8 Å². The molecule has 0 aromatic heterocycles. The second-order valence-electron chi connectivity index (χ2n) is 6.66. The summed E-state index contributed by atoms with van der Waals surface area (Å²) in [5, 5.41) is 0. The van der Waals surface area contributed by atoms with Crippen LogP contribution in [0.2, 0.25) is 0 Å². The Morgan fingerprint density at radius 2 is 1.17 bits per heavy atom. The van der Waals surface area contributed by atoms with Crippen molar-refractivity contribution in [3.05, 3.63) is 84.4 Å². The molecule has 150 valence electrons. The summed E-state index contributed by atoms with van der Waals surface area (Å²) in [7, 11) is 1.38. The lowest BCUT2D eigenvalue weighted by Gasteiger charge is -2.08. The van der Waals surface area contributed by atoms with E-state index in [1.807, 2.05) is 66.7 Å². The summed E-state index contributed by atoms with van der Waals surface area (Å²) in [4.78, 5) is 11.5. The van der Waals surface area contributed by atoms with Crippen LogP contribution >= 0.6 is 0 Å². The van der Waals surface area contributed by atoms with Crippen molar-refractivity contribution in [2.75, 3.05) is 20.3 Å². The molecule has 0 amide bonds. The van der Waals surface area contributed by atoms with Crippen molar-refractivity contribution in [1.29, 1.82) is 0 Å². The average Bonchev–Trinajstić information content (AvgIpc) is 2.79. The fraction of sp³-hybridized carbons (Fsp3) is 0.240. The summed E-state index contributed by atoms with van der Waals surface area (Å²) in [6.07, 6.45) is 3.07. The molecule has 0 saturated heterocycles. The van der Waals surface area contributed by atoms with Gasteiger partial charge in [-0.05, 0) is 66.8 Å². The van der Waals surface area contributed by atoms with Crippen molar-refractivity contribution in [2.45, 2.75) is 19.3 Å². The number of hydrogen-bond donors (Lipinski definition) is 0. The predicted octanol–water partition coefficient (Wildman–Crippen LogP) is 5.77. The van der Waals surface area contributed by atoms with E-state index in [1.54, 1.807) is 12.1 Å². The van der Waals surface area contributed by atoms with Gasteiger partial charge in [-0.2, -0.15) is 0 Å². The molecule has 0 atom stereocenters. The first-order valence-corrected chi connectivity index (χ1v) is 9.86. The van der Waals surface area contributed by atoms with Gasteiger partial charge in [-0.15, -0.1) is 0 Å². The minimum absolute atomic E-state index is 0.327. The maximum absolute atomic E-state index is 11.5. The summed E-state index contributed by atoms with van der Waals surface area (Å²) >= 11 is 0. The normalized spacial score (nSPS) is 10.4. The van der Waals surface area contributed by atoms with Crippen LogP contribution in [0, 0.1) is 0 Å². The number of carbonyl (C=O) groups is 1. The molecule has 0 N–H and O–H groups in total. The Bertz CT molecular complexity index is 871. The second-order valence-corrected chi connectivity index (χ2v) is 6.66. The van der Waals surface area contributed by atoms with Gasteiger partial charge >= 0.3 is 5.97 Å². The van der Waals surface area contributed by atoms with Crippen LogP contribution in [0.3, 0.4) is 0 Å². The molecule has 0 fully saturated rings. The van der Waals surface area contributed by atoms with E-state index >= 15 is 0 Å². The van der Waals surface area contributed by atoms with Crippen LogP contribution < -0.4 is 9.47 Å². The Morgan fingerprint density at radius 3 is 1.72 bits per heavy atom. The zero-order valence-electron chi connectivity index (χ0n) is 16.7. The summed E-state index contributed by atoms with van der Waals surface area (Å²) < 4.78 is 16.2. The Kier molecular flexibility index (Phi) is 7.70. The molecule has 0 unspecified atom stereocenters. The van der Waals surface area contributed by atoms with Gasteiger partial charge in [0.1, 0.15) is 11.5 Å². The zero-order chi connectivity index (χ0) is 20.3. The molecule has 0 radical (unpaired) electrons. The first-order chi connectivity index (χ1) is 14.3. The maximum atomic E-state index is 11.5. The van der Waals surface area contributed by atoms with Gasteiger partial charge in [0.05, 0.1) is 25.9 Å². The molecule has 0 saturated carbocycles. The molecule has 3 aromatic rings. The zero-order valence-corrected chi connectivity index (χ0v) is 16.7. The van der Waals surface area contributed by atoms with E-state index in [-0.39, 0.29) is 5.97 Å². The number of methoxy groups -OCH3 is 1. The van der Waals surface area contributed by atoms with Crippen LogP contribution in [0.15, 0.2) is 78.9 Å². The standard InChI is InChI=1S/C25H26O4/c1-27-25(26)22-12-10-20(11-13-22)21-14-16-24(17-15-21)29-19-7-3-6-18-28-23-8-4-2-5-9-23/h2,4-5,8-17H,3,6-7,18-19H2,1H3. The van der Waals surface area contributed by atoms with Crippen molar-refractivity contribution in [3.8, 4) is 22.6 Å². The number of benzene rings is 3. The molecular weight excluding hydrogens is 364 g/mol. The molecule has 0 aliphatic rings. The third-order valence-electron chi connectivity index (χ3n) is 4.56. The highest BCUT2D eigenvalue weighted by molar-refractivity contribution is 5.89. The summed E-state index contributed by atoms with van der Waals surface area (Å²) in [5.74, 6) is 1.45. The summed E-state index contributed by atoms with van der Waals surface area (Å²) in [5.41, 5.74) is 2.67. The number of unbranched alkanes of at least 4 members (excludes halogenated alkanes) is 2. The molecule has 0 aliphatic heterocycles. The number of hydrogen-bond acceptors (Lipinski definition) is 4. The molecule has 0 aliphatic carbocycles. The molecule has 3 rings (SSSR count). The summed E-state index contributed by atoms with van der Waals surface area (Å²) in [6.45, 7) is 1.42. The van der Waals surface area contributed by atoms with Gasteiger partial charge in [0.15, 0.2) is 0 Å². The van der Waals surface area contributed by atoms with E-state index < -0.39 is 0 Å².